The molecule has 0 spiro atoms. The van der Waals surface area contributed by atoms with Crippen LogP contribution >= 0.6 is 0 Å². The number of carbonyl (C=O) groups excluding carboxylic acids is 1. The molecule has 0 unspecified atom stereocenters. The second kappa shape index (κ2) is 3.44. The highest BCUT2D eigenvalue weighted by atomic mass is 16.1. The number of hydrogen-bond donors (Lipinski definition) is 0. The summed E-state index contributed by atoms with van der Waals surface area (Å²) in [6.07, 6.45) is 5.86. The molecule has 1 saturated carbocycles. The highest BCUT2D eigenvalue weighted by Crippen LogP contribution is 2.53. The summed E-state index contributed by atoms with van der Waals surface area (Å²) >= 11 is 0. The van der Waals surface area contributed by atoms with Gasteiger partial charge in [0.05, 0.1) is 0 Å². The molecule has 2 aliphatic carbocycles. The Kier molecular flexibility index (Phi) is 2.17. The van der Waals surface area contributed by atoms with E-state index in [1.54, 1.807) is 0 Å². The van der Waals surface area contributed by atoms with E-state index in [2.05, 4.69) is 19.1 Å². The van der Waals surface area contributed by atoms with Crippen LogP contribution in [0.3, 0.4) is 0 Å². The topological polar surface area (TPSA) is 17.1 Å². The van der Waals surface area contributed by atoms with Gasteiger partial charge in [0, 0.05) is 12.0 Å². The van der Waals surface area contributed by atoms with Gasteiger partial charge in [-0.1, -0.05) is 44.0 Å². The highest BCUT2D eigenvalue weighted by molar-refractivity contribution is 5.99. The lowest BCUT2D eigenvalue weighted by Gasteiger charge is -2.45. The molecule has 1 aromatic rings. The van der Waals surface area contributed by atoms with Gasteiger partial charge in [0.25, 0.3) is 0 Å². The molecule has 3 rings (SSSR count). The zero-order valence-corrected chi connectivity index (χ0v) is 9.83. The number of ketones is 1. The third kappa shape index (κ3) is 1.34. The number of Topliss-reactive ketones (excluding diaryl/α,β-unsaturated/α-hetero) is 1. The maximum absolute atomic E-state index is 12.1. The van der Waals surface area contributed by atoms with E-state index in [0.717, 1.165) is 12.0 Å². The van der Waals surface area contributed by atoms with E-state index in [4.69, 9.17) is 0 Å². The van der Waals surface area contributed by atoms with Crippen LogP contribution in [0.5, 0.6) is 0 Å². The monoisotopic (exact) mass is 214 g/mol. The molecule has 16 heavy (non-hydrogen) atoms. The first-order chi connectivity index (χ1) is 7.71. The van der Waals surface area contributed by atoms with Gasteiger partial charge in [-0.2, -0.15) is 0 Å². The van der Waals surface area contributed by atoms with Crippen LogP contribution in [0.4, 0.5) is 0 Å². The van der Waals surface area contributed by atoms with Gasteiger partial charge in [-0.3, -0.25) is 4.79 Å². The summed E-state index contributed by atoms with van der Waals surface area (Å²) in [5.41, 5.74) is 2.55. The van der Waals surface area contributed by atoms with Crippen molar-refractivity contribution in [2.45, 2.75) is 44.9 Å². The molecule has 0 aromatic heterocycles. The van der Waals surface area contributed by atoms with Gasteiger partial charge >= 0.3 is 0 Å². The predicted molar refractivity (Wildman–Crippen MR) is 64.7 cm³/mol. The minimum absolute atomic E-state index is 0.240. The number of hydrogen-bond acceptors (Lipinski definition) is 1. The van der Waals surface area contributed by atoms with Gasteiger partial charge in [0.2, 0.25) is 0 Å². The molecule has 2 atom stereocenters. The van der Waals surface area contributed by atoms with Crippen LogP contribution in [0, 0.1) is 5.41 Å². The van der Waals surface area contributed by atoms with Crippen molar-refractivity contribution in [3.63, 3.8) is 0 Å². The van der Waals surface area contributed by atoms with Crippen LogP contribution in [-0.4, -0.2) is 5.78 Å². The molecule has 0 radical (unpaired) electrons. The third-order valence-corrected chi connectivity index (χ3v) is 4.53. The molecule has 0 N–H and O–H groups in total. The highest BCUT2D eigenvalue weighted by Gasteiger charge is 2.43. The van der Waals surface area contributed by atoms with Crippen molar-refractivity contribution in [1.82, 2.24) is 0 Å². The zero-order valence-electron chi connectivity index (χ0n) is 9.83. The zero-order chi connectivity index (χ0) is 11.2. The molecule has 0 bridgehead atoms. The summed E-state index contributed by atoms with van der Waals surface area (Å²) in [6.45, 7) is 2.31. The number of fused-ring (bicyclic) bond motifs is 3. The first kappa shape index (κ1) is 10.1. The smallest absolute Gasteiger partial charge is 0.163 e. The third-order valence-electron chi connectivity index (χ3n) is 4.53. The summed E-state index contributed by atoms with van der Waals surface area (Å²) in [4.78, 5) is 12.1. The van der Waals surface area contributed by atoms with E-state index in [-0.39, 0.29) is 5.41 Å². The Labute approximate surface area is 96.9 Å². The minimum Gasteiger partial charge on any atom is -0.294 e. The summed E-state index contributed by atoms with van der Waals surface area (Å²) in [7, 11) is 0. The molecule has 0 saturated heterocycles. The summed E-state index contributed by atoms with van der Waals surface area (Å²) in [5.74, 6) is 0.978. The Hall–Kier alpha value is -1.11. The van der Waals surface area contributed by atoms with Gasteiger partial charge in [0.1, 0.15) is 0 Å². The van der Waals surface area contributed by atoms with Crippen molar-refractivity contribution >= 4 is 5.78 Å². The largest absolute Gasteiger partial charge is 0.294 e. The fourth-order valence-corrected chi connectivity index (χ4v) is 3.66. The summed E-state index contributed by atoms with van der Waals surface area (Å²) in [6, 6.07) is 8.24. The Bertz CT molecular complexity index is 435. The Balaban J connectivity index is 2.13. The Morgan fingerprint density at radius 3 is 2.94 bits per heavy atom. The molecule has 0 aliphatic heterocycles. The van der Waals surface area contributed by atoms with Crippen LogP contribution in [-0.2, 0) is 0 Å². The van der Waals surface area contributed by atoms with Gasteiger partial charge in [-0.25, -0.2) is 0 Å². The van der Waals surface area contributed by atoms with E-state index in [9.17, 15) is 4.79 Å². The van der Waals surface area contributed by atoms with E-state index in [1.807, 2.05) is 12.1 Å². The summed E-state index contributed by atoms with van der Waals surface area (Å²) < 4.78 is 0. The molecule has 1 nitrogen and oxygen atoms in total. The Morgan fingerprint density at radius 2 is 2.06 bits per heavy atom. The second-order valence-electron chi connectivity index (χ2n) is 5.64. The first-order valence-electron chi connectivity index (χ1n) is 6.33. The van der Waals surface area contributed by atoms with Crippen LogP contribution in [0.25, 0.3) is 0 Å². The molecule has 1 heteroatoms. The van der Waals surface area contributed by atoms with Crippen LogP contribution in [0.2, 0.25) is 0 Å². The van der Waals surface area contributed by atoms with Crippen LogP contribution in [0.1, 0.15) is 60.9 Å². The van der Waals surface area contributed by atoms with Crippen molar-refractivity contribution in [1.29, 1.82) is 0 Å². The predicted octanol–water partition coefficient (Wildman–Crippen LogP) is 3.94. The lowest BCUT2D eigenvalue weighted by Crippen LogP contribution is -2.36. The normalized spacial score (nSPS) is 33.1. The van der Waals surface area contributed by atoms with Crippen LogP contribution < -0.4 is 0 Å². The number of rotatable bonds is 0. The molecule has 0 heterocycles. The lowest BCUT2D eigenvalue weighted by molar-refractivity contribution is 0.0797. The quantitative estimate of drug-likeness (QED) is 0.639. The first-order valence-corrected chi connectivity index (χ1v) is 6.33. The van der Waals surface area contributed by atoms with Crippen molar-refractivity contribution in [2.75, 3.05) is 0 Å². The molecule has 1 fully saturated rings. The fraction of sp³-hybridized carbons (Fsp3) is 0.533. The number of carbonyl (C=O) groups is 1. The molecule has 84 valence electrons. The van der Waals surface area contributed by atoms with E-state index >= 15 is 0 Å². The van der Waals surface area contributed by atoms with E-state index < -0.39 is 0 Å². The van der Waals surface area contributed by atoms with Crippen LogP contribution in [0.15, 0.2) is 24.3 Å². The average Bonchev–Trinajstić information content (AvgIpc) is 2.28. The molecule has 0 amide bonds. The minimum atomic E-state index is 0.240. The molecular formula is C15H18O. The van der Waals surface area contributed by atoms with Crippen molar-refractivity contribution in [3.05, 3.63) is 35.4 Å². The standard InChI is InChI=1S/C15H18O/c1-15-9-5-4-8-13(15)11-6-2-3-7-12(11)14(16)10-15/h2-3,6-7,13H,4-5,8-10H2,1H3/t13-,15+/m0/s1. The number of benzene rings is 1. The van der Waals surface area contributed by atoms with Gasteiger partial charge in [-0.15, -0.1) is 0 Å². The molecule has 1 aromatic carbocycles. The fourth-order valence-electron chi connectivity index (χ4n) is 3.66. The summed E-state index contributed by atoms with van der Waals surface area (Å²) in [5, 5.41) is 0. The molecular weight excluding hydrogens is 196 g/mol. The maximum atomic E-state index is 12.1. The van der Waals surface area contributed by atoms with Gasteiger partial charge in [0.15, 0.2) is 5.78 Å². The maximum Gasteiger partial charge on any atom is 0.163 e. The van der Waals surface area contributed by atoms with Gasteiger partial charge < -0.3 is 0 Å². The van der Waals surface area contributed by atoms with Crippen molar-refractivity contribution < 1.29 is 4.79 Å². The SMILES string of the molecule is C[C@]12CCCC[C@H]1c1ccccc1C(=O)C2. The van der Waals surface area contributed by atoms with E-state index in [1.165, 1.54) is 31.2 Å². The average molecular weight is 214 g/mol. The van der Waals surface area contributed by atoms with Crippen molar-refractivity contribution in [2.24, 2.45) is 5.41 Å². The Morgan fingerprint density at radius 1 is 1.25 bits per heavy atom. The van der Waals surface area contributed by atoms with Gasteiger partial charge in [-0.05, 0) is 29.7 Å². The second-order valence-corrected chi connectivity index (χ2v) is 5.64. The lowest BCUT2D eigenvalue weighted by atomic mass is 9.58. The molecule has 2 aliphatic rings. The van der Waals surface area contributed by atoms with Crippen molar-refractivity contribution in [3.8, 4) is 0 Å². The van der Waals surface area contributed by atoms with E-state index in [0.29, 0.717) is 11.7 Å².